The summed E-state index contributed by atoms with van der Waals surface area (Å²) in [6, 6.07) is 4.14. The number of benzene rings is 1. The summed E-state index contributed by atoms with van der Waals surface area (Å²) < 4.78 is 12.7. The first-order chi connectivity index (χ1) is 8.58. The van der Waals surface area contributed by atoms with Crippen LogP contribution < -0.4 is 10.1 Å². The highest BCUT2D eigenvalue weighted by Crippen LogP contribution is 2.34. The molecule has 3 nitrogen and oxygen atoms in total. The fourth-order valence-electron chi connectivity index (χ4n) is 1.50. The maximum atomic E-state index is 5.55. The first-order valence-corrected chi connectivity index (χ1v) is 7.51. The van der Waals surface area contributed by atoms with E-state index >= 15 is 0 Å². The van der Waals surface area contributed by atoms with Gasteiger partial charge in [-0.05, 0) is 63.4 Å². The molecule has 18 heavy (non-hydrogen) atoms. The average Bonchev–Trinajstić information content (AvgIpc) is 2.33. The Morgan fingerprint density at radius 2 is 1.89 bits per heavy atom. The van der Waals surface area contributed by atoms with Crippen LogP contribution in [0.5, 0.6) is 5.75 Å². The Bertz CT molecular complexity index is 362. The van der Waals surface area contributed by atoms with Crippen molar-refractivity contribution in [2.24, 2.45) is 0 Å². The third-order valence-corrected chi connectivity index (χ3v) is 3.69. The molecule has 0 aromatic heterocycles. The summed E-state index contributed by atoms with van der Waals surface area (Å²) in [4.78, 5) is 0. The van der Waals surface area contributed by atoms with Crippen LogP contribution in [-0.4, -0.2) is 26.4 Å². The molecule has 0 saturated carbocycles. The van der Waals surface area contributed by atoms with Gasteiger partial charge in [0.25, 0.3) is 0 Å². The van der Waals surface area contributed by atoms with E-state index in [1.165, 1.54) is 5.56 Å². The van der Waals surface area contributed by atoms with Crippen LogP contribution in [0.4, 0.5) is 0 Å². The predicted octanol–water partition coefficient (Wildman–Crippen LogP) is 3.73. The molecule has 0 bridgehead atoms. The molecule has 1 aromatic carbocycles. The number of nitrogens with one attached hydrogen (secondary N) is 1. The van der Waals surface area contributed by atoms with Gasteiger partial charge in [-0.15, -0.1) is 0 Å². The molecule has 1 rings (SSSR count). The van der Waals surface area contributed by atoms with Gasteiger partial charge in [0.2, 0.25) is 0 Å². The van der Waals surface area contributed by atoms with Crippen molar-refractivity contribution in [1.82, 2.24) is 5.32 Å². The number of methoxy groups -OCH3 is 1. The molecule has 0 amide bonds. The molecule has 5 heteroatoms. The van der Waals surface area contributed by atoms with Gasteiger partial charge in [0.15, 0.2) is 0 Å². The summed E-state index contributed by atoms with van der Waals surface area (Å²) in [7, 11) is 1.72. The Kier molecular flexibility index (Phi) is 7.22. The van der Waals surface area contributed by atoms with Crippen LogP contribution in [0.1, 0.15) is 19.4 Å². The molecule has 1 aromatic rings. The van der Waals surface area contributed by atoms with Crippen molar-refractivity contribution in [3.63, 3.8) is 0 Å². The molecule has 1 unspecified atom stereocenters. The third-order valence-electron chi connectivity index (χ3n) is 2.51. The second-order valence-corrected chi connectivity index (χ2v) is 5.71. The summed E-state index contributed by atoms with van der Waals surface area (Å²) in [5.74, 6) is 0.853. The van der Waals surface area contributed by atoms with Gasteiger partial charge in [-0.3, -0.25) is 0 Å². The predicted molar refractivity (Wildman–Crippen MR) is 81.2 cm³/mol. The van der Waals surface area contributed by atoms with Crippen LogP contribution in [0.3, 0.4) is 0 Å². The van der Waals surface area contributed by atoms with Crippen molar-refractivity contribution in [2.45, 2.75) is 26.5 Å². The van der Waals surface area contributed by atoms with E-state index in [4.69, 9.17) is 9.47 Å². The molecule has 0 aliphatic heterocycles. The lowest BCUT2D eigenvalue weighted by atomic mass is 10.2. The minimum Gasteiger partial charge on any atom is -0.492 e. The Balaban J connectivity index is 2.63. The molecule has 0 aliphatic carbocycles. The molecule has 0 radical (unpaired) electrons. The monoisotopic (exact) mass is 379 g/mol. The number of ether oxygens (including phenoxy) is 2. The van der Waals surface area contributed by atoms with Crippen molar-refractivity contribution >= 4 is 31.9 Å². The molecule has 102 valence electrons. The zero-order chi connectivity index (χ0) is 13.5. The van der Waals surface area contributed by atoms with E-state index < -0.39 is 0 Å². The Morgan fingerprint density at radius 1 is 1.28 bits per heavy atom. The number of rotatable bonds is 7. The summed E-state index contributed by atoms with van der Waals surface area (Å²) in [5.41, 5.74) is 1.19. The van der Waals surface area contributed by atoms with Gasteiger partial charge in [0.1, 0.15) is 5.75 Å². The van der Waals surface area contributed by atoms with Crippen molar-refractivity contribution in [1.29, 1.82) is 0 Å². The first-order valence-electron chi connectivity index (χ1n) is 5.92. The van der Waals surface area contributed by atoms with Gasteiger partial charge in [0.05, 0.1) is 21.7 Å². The highest BCUT2D eigenvalue weighted by Gasteiger charge is 2.08. The highest BCUT2D eigenvalue weighted by atomic mass is 79.9. The fraction of sp³-hybridized carbons (Fsp3) is 0.538. The first kappa shape index (κ1) is 16.0. The van der Waals surface area contributed by atoms with Crippen LogP contribution in [-0.2, 0) is 11.3 Å². The SMILES string of the molecule is CCOc1c(Br)cc(CNCC(C)OC)cc1Br. The quantitative estimate of drug-likeness (QED) is 0.781. The molecule has 0 aliphatic rings. The van der Waals surface area contributed by atoms with Crippen molar-refractivity contribution in [3.05, 3.63) is 26.6 Å². The van der Waals surface area contributed by atoms with E-state index in [9.17, 15) is 0 Å². The second-order valence-electron chi connectivity index (χ2n) is 4.00. The molecule has 1 N–H and O–H groups in total. The van der Waals surface area contributed by atoms with E-state index in [-0.39, 0.29) is 6.10 Å². The van der Waals surface area contributed by atoms with Crippen molar-refractivity contribution in [2.75, 3.05) is 20.3 Å². The zero-order valence-electron chi connectivity index (χ0n) is 10.9. The number of hydrogen-bond donors (Lipinski definition) is 1. The Labute approximate surface area is 125 Å². The van der Waals surface area contributed by atoms with E-state index in [0.29, 0.717) is 6.61 Å². The van der Waals surface area contributed by atoms with Gasteiger partial charge in [-0.25, -0.2) is 0 Å². The van der Waals surface area contributed by atoms with E-state index in [1.54, 1.807) is 7.11 Å². The van der Waals surface area contributed by atoms with E-state index in [1.807, 2.05) is 13.8 Å². The lowest BCUT2D eigenvalue weighted by Crippen LogP contribution is -2.25. The van der Waals surface area contributed by atoms with Crippen LogP contribution in [0.2, 0.25) is 0 Å². The van der Waals surface area contributed by atoms with Crippen LogP contribution in [0.25, 0.3) is 0 Å². The molecule has 0 heterocycles. The highest BCUT2D eigenvalue weighted by molar-refractivity contribution is 9.11. The van der Waals surface area contributed by atoms with Crippen molar-refractivity contribution in [3.8, 4) is 5.75 Å². The summed E-state index contributed by atoms with van der Waals surface area (Å²) >= 11 is 7.05. The van der Waals surface area contributed by atoms with Gasteiger partial charge in [-0.2, -0.15) is 0 Å². The minimum atomic E-state index is 0.222. The Morgan fingerprint density at radius 3 is 2.39 bits per heavy atom. The van der Waals surface area contributed by atoms with Crippen LogP contribution in [0.15, 0.2) is 21.1 Å². The smallest absolute Gasteiger partial charge is 0.147 e. The maximum Gasteiger partial charge on any atom is 0.147 e. The molecular weight excluding hydrogens is 362 g/mol. The summed E-state index contributed by atoms with van der Waals surface area (Å²) in [6.45, 7) is 6.30. The molecule has 1 atom stereocenters. The lowest BCUT2D eigenvalue weighted by molar-refractivity contribution is 0.117. The van der Waals surface area contributed by atoms with Crippen molar-refractivity contribution < 1.29 is 9.47 Å². The zero-order valence-corrected chi connectivity index (χ0v) is 14.1. The number of hydrogen-bond acceptors (Lipinski definition) is 3. The molecule has 0 fully saturated rings. The molecular formula is C13H19Br2NO2. The standard InChI is InChI=1S/C13H19Br2NO2/c1-4-18-13-11(14)5-10(6-12(13)15)8-16-7-9(2)17-3/h5-6,9,16H,4,7-8H2,1-3H3. The minimum absolute atomic E-state index is 0.222. The lowest BCUT2D eigenvalue weighted by Gasteiger charge is -2.13. The van der Waals surface area contributed by atoms with Gasteiger partial charge in [-0.1, -0.05) is 0 Å². The third kappa shape index (κ3) is 4.88. The second kappa shape index (κ2) is 8.15. The van der Waals surface area contributed by atoms with Gasteiger partial charge >= 0.3 is 0 Å². The van der Waals surface area contributed by atoms with Gasteiger partial charge in [0, 0.05) is 20.2 Å². The topological polar surface area (TPSA) is 30.5 Å². The summed E-state index contributed by atoms with van der Waals surface area (Å²) in [5, 5.41) is 3.35. The van der Waals surface area contributed by atoms with Crippen LogP contribution >= 0.6 is 31.9 Å². The van der Waals surface area contributed by atoms with Crippen LogP contribution in [0, 0.1) is 0 Å². The number of halogens is 2. The van der Waals surface area contributed by atoms with E-state index in [2.05, 4.69) is 49.3 Å². The fourth-order valence-corrected chi connectivity index (χ4v) is 3.01. The largest absolute Gasteiger partial charge is 0.492 e. The average molecular weight is 381 g/mol. The molecule has 0 saturated heterocycles. The van der Waals surface area contributed by atoms with E-state index in [0.717, 1.165) is 27.8 Å². The normalized spacial score (nSPS) is 12.5. The Hall–Kier alpha value is -0.100. The van der Waals surface area contributed by atoms with Gasteiger partial charge < -0.3 is 14.8 Å². The molecule has 0 spiro atoms. The maximum absolute atomic E-state index is 5.55. The summed E-state index contributed by atoms with van der Waals surface area (Å²) in [6.07, 6.45) is 0.222.